The van der Waals surface area contributed by atoms with Crippen LogP contribution in [0.4, 0.5) is 5.95 Å². The van der Waals surface area contributed by atoms with E-state index in [1.54, 1.807) is 11.0 Å². The maximum absolute atomic E-state index is 13.0. The fourth-order valence-electron chi connectivity index (χ4n) is 3.62. The first-order chi connectivity index (χ1) is 15.7. The number of rotatable bonds is 7. The minimum atomic E-state index is -0.260. The van der Waals surface area contributed by atoms with E-state index < -0.39 is 0 Å². The van der Waals surface area contributed by atoms with E-state index in [0.717, 1.165) is 29.8 Å². The molecule has 1 saturated carbocycles. The summed E-state index contributed by atoms with van der Waals surface area (Å²) in [6, 6.07) is 23.4. The third kappa shape index (κ3) is 4.33. The molecule has 32 heavy (non-hydrogen) atoms. The number of carbonyl (C=O) groups is 2. The molecular weight excluding hydrogens is 420 g/mol. The van der Waals surface area contributed by atoms with Crippen LogP contribution in [-0.4, -0.2) is 38.9 Å². The number of nitrogens with one attached hydrogen (secondary N) is 1. The molecule has 0 unspecified atom stereocenters. The third-order valence-electron chi connectivity index (χ3n) is 5.36. The number of nitrogens with zero attached hydrogens (tertiary/aromatic N) is 3. The largest absolute Gasteiger partial charge is 0.326 e. The zero-order valence-electron chi connectivity index (χ0n) is 17.3. The molecule has 0 bridgehead atoms. The minimum absolute atomic E-state index is 0.00369. The maximum Gasteiger partial charge on any atom is 0.264 e. The molecule has 5 rings (SSSR count). The molecule has 0 radical (unpaired) electrons. The Hall–Kier alpha value is -3.71. The average molecular weight is 443 g/mol. The molecule has 1 N–H and O–H groups in total. The van der Waals surface area contributed by atoms with Crippen molar-refractivity contribution in [2.75, 3.05) is 11.9 Å². The number of hydrogen-bond acceptors (Lipinski definition) is 4. The highest BCUT2D eigenvalue weighted by molar-refractivity contribution is 7.12. The molecular formula is C25H22N4O2S. The van der Waals surface area contributed by atoms with Crippen molar-refractivity contribution in [2.24, 2.45) is 0 Å². The zero-order valence-corrected chi connectivity index (χ0v) is 18.2. The molecule has 0 aliphatic heterocycles. The van der Waals surface area contributed by atoms with Crippen LogP contribution in [0.15, 0.2) is 84.4 Å². The SMILES string of the molecule is O=C(CN(C(=O)c1cccs1)C1CC1)Nc1nc(-c2ccccc2)cn1-c1ccccc1. The maximum atomic E-state index is 13.0. The molecule has 0 spiro atoms. The van der Waals surface area contributed by atoms with Crippen LogP contribution in [0.25, 0.3) is 16.9 Å². The summed E-state index contributed by atoms with van der Waals surface area (Å²) in [7, 11) is 0. The fraction of sp³-hybridized carbons (Fsp3) is 0.160. The molecule has 2 amide bonds. The van der Waals surface area contributed by atoms with Crippen LogP contribution in [0.2, 0.25) is 0 Å². The number of aromatic nitrogens is 2. The number of hydrogen-bond donors (Lipinski definition) is 1. The highest BCUT2D eigenvalue weighted by Crippen LogP contribution is 2.29. The van der Waals surface area contributed by atoms with Gasteiger partial charge in [-0.25, -0.2) is 4.98 Å². The van der Waals surface area contributed by atoms with Gasteiger partial charge in [0.05, 0.1) is 10.6 Å². The zero-order chi connectivity index (χ0) is 21.9. The van der Waals surface area contributed by atoms with Crippen molar-refractivity contribution in [1.29, 1.82) is 0 Å². The van der Waals surface area contributed by atoms with Crippen molar-refractivity contribution in [2.45, 2.75) is 18.9 Å². The lowest BCUT2D eigenvalue weighted by Gasteiger charge is -2.21. The second-order valence-electron chi connectivity index (χ2n) is 7.71. The smallest absolute Gasteiger partial charge is 0.264 e. The first-order valence-electron chi connectivity index (χ1n) is 10.5. The Kier molecular flexibility index (Phi) is 5.56. The van der Waals surface area contributed by atoms with Crippen LogP contribution in [0, 0.1) is 0 Å². The average Bonchev–Trinajstić information content (AvgIpc) is 3.35. The number of thiophene rings is 1. The van der Waals surface area contributed by atoms with Crippen molar-refractivity contribution in [1.82, 2.24) is 14.5 Å². The van der Waals surface area contributed by atoms with Gasteiger partial charge in [0.25, 0.3) is 5.91 Å². The highest BCUT2D eigenvalue weighted by atomic mass is 32.1. The van der Waals surface area contributed by atoms with Crippen molar-refractivity contribution in [3.8, 4) is 16.9 Å². The van der Waals surface area contributed by atoms with Gasteiger partial charge < -0.3 is 4.90 Å². The van der Waals surface area contributed by atoms with Crippen LogP contribution >= 0.6 is 11.3 Å². The van der Waals surface area contributed by atoms with Crippen LogP contribution in [0.5, 0.6) is 0 Å². The quantitative estimate of drug-likeness (QED) is 0.445. The lowest BCUT2D eigenvalue weighted by Crippen LogP contribution is -2.39. The first-order valence-corrected chi connectivity index (χ1v) is 11.4. The summed E-state index contributed by atoms with van der Waals surface area (Å²) in [5.41, 5.74) is 2.62. The number of imidazole rings is 1. The van der Waals surface area contributed by atoms with Gasteiger partial charge in [-0.15, -0.1) is 11.3 Å². The molecule has 1 aliphatic rings. The second kappa shape index (κ2) is 8.80. The van der Waals surface area contributed by atoms with Crippen LogP contribution in [-0.2, 0) is 4.79 Å². The molecule has 0 saturated heterocycles. The predicted molar refractivity (Wildman–Crippen MR) is 126 cm³/mol. The molecule has 4 aromatic rings. The van der Waals surface area contributed by atoms with E-state index in [-0.39, 0.29) is 24.4 Å². The minimum Gasteiger partial charge on any atom is -0.326 e. The van der Waals surface area contributed by atoms with E-state index >= 15 is 0 Å². The van der Waals surface area contributed by atoms with Gasteiger partial charge in [0.1, 0.15) is 6.54 Å². The predicted octanol–water partition coefficient (Wildman–Crippen LogP) is 4.84. The Morgan fingerprint density at radius 3 is 2.38 bits per heavy atom. The molecule has 1 aliphatic carbocycles. The Labute approximate surface area is 190 Å². The molecule has 2 aromatic carbocycles. The van der Waals surface area contributed by atoms with Crippen molar-refractivity contribution in [3.05, 3.63) is 89.3 Å². The van der Waals surface area contributed by atoms with Crippen LogP contribution < -0.4 is 5.32 Å². The molecule has 0 atom stereocenters. The summed E-state index contributed by atoms with van der Waals surface area (Å²) in [5.74, 6) is 0.0811. The van der Waals surface area contributed by atoms with Gasteiger partial charge >= 0.3 is 0 Å². The topological polar surface area (TPSA) is 67.2 Å². The number of carbonyl (C=O) groups excluding carboxylic acids is 2. The lowest BCUT2D eigenvalue weighted by atomic mass is 10.2. The summed E-state index contributed by atoms with van der Waals surface area (Å²) >= 11 is 1.40. The van der Waals surface area contributed by atoms with E-state index in [1.165, 1.54) is 11.3 Å². The highest BCUT2D eigenvalue weighted by Gasteiger charge is 2.35. The number of benzene rings is 2. The van der Waals surface area contributed by atoms with Gasteiger partial charge in [0.15, 0.2) is 0 Å². The number of anilines is 1. The third-order valence-corrected chi connectivity index (χ3v) is 6.21. The second-order valence-corrected chi connectivity index (χ2v) is 8.66. The summed E-state index contributed by atoms with van der Waals surface area (Å²) in [6.45, 7) is 0.00369. The van der Waals surface area contributed by atoms with Crippen LogP contribution in [0.3, 0.4) is 0 Å². The molecule has 160 valence electrons. The molecule has 2 heterocycles. The van der Waals surface area contributed by atoms with Crippen molar-refractivity contribution < 1.29 is 9.59 Å². The van der Waals surface area contributed by atoms with E-state index in [9.17, 15) is 9.59 Å². The Morgan fingerprint density at radius 1 is 1.00 bits per heavy atom. The van der Waals surface area contributed by atoms with E-state index in [2.05, 4.69) is 10.3 Å². The lowest BCUT2D eigenvalue weighted by molar-refractivity contribution is -0.117. The van der Waals surface area contributed by atoms with Gasteiger partial charge in [0, 0.05) is 23.5 Å². The first kappa shape index (κ1) is 20.2. The van der Waals surface area contributed by atoms with Crippen molar-refractivity contribution >= 4 is 29.1 Å². The molecule has 6 nitrogen and oxygen atoms in total. The van der Waals surface area contributed by atoms with Gasteiger partial charge in [-0.05, 0) is 36.4 Å². The standard InChI is InChI=1S/C25H22N4O2S/c30-23(17-28(20-13-14-20)24(31)22-12-7-15-32-22)27-25-26-21(18-8-3-1-4-9-18)16-29(25)19-10-5-2-6-11-19/h1-12,15-16,20H,13-14,17H2,(H,26,27,30). The monoisotopic (exact) mass is 442 g/mol. The number of amides is 2. The van der Waals surface area contributed by atoms with E-state index in [1.807, 2.05) is 82.9 Å². The normalized spacial score (nSPS) is 13.0. The van der Waals surface area contributed by atoms with E-state index in [0.29, 0.717) is 10.8 Å². The Morgan fingerprint density at radius 2 is 1.72 bits per heavy atom. The fourth-order valence-corrected chi connectivity index (χ4v) is 4.29. The number of para-hydroxylation sites is 1. The van der Waals surface area contributed by atoms with Gasteiger partial charge in [-0.1, -0.05) is 54.6 Å². The molecule has 7 heteroatoms. The molecule has 2 aromatic heterocycles. The summed E-state index contributed by atoms with van der Waals surface area (Å²) in [4.78, 5) is 32.9. The summed E-state index contributed by atoms with van der Waals surface area (Å²) in [5, 5.41) is 4.81. The van der Waals surface area contributed by atoms with Gasteiger partial charge in [0.2, 0.25) is 11.9 Å². The summed E-state index contributed by atoms with van der Waals surface area (Å²) in [6.07, 6.45) is 3.78. The van der Waals surface area contributed by atoms with Crippen LogP contribution in [0.1, 0.15) is 22.5 Å². The van der Waals surface area contributed by atoms with E-state index in [4.69, 9.17) is 0 Å². The Balaban J connectivity index is 1.40. The molecule has 1 fully saturated rings. The Bertz CT molecular complexity index is 1220. The summed E-state index contributed by atoms with van der Waals surface area (Å²) < 4.78 is 1.86. The van der Waals surface area contributed by atoms with Crippen molar-refractivity contribution in [3.63, 3.8) is 0 Å². The van der Waals surface area contributed by atoms with Gasteiger partial charge in [-0.2, -0.15) is 0 Å². The van der Waals surface area contributed by atoms with Gasteiger partial charge in [-0.3, -0.25) is 19.5 Å².